The van der Waals surface area contributed by atoms with Crippen LogP contribution in [0, 0.1) is 11.8 Å². The first-order valence-electron chi connectivity index (χ1n) is 8.23. The first-order valence-corrected chi connectivity index (χ1v) is 9.38. The monoisotopic (exact) mass is 297 g/mol. The number of hydrogen-bond acceptors (Lipinski definition) is 4. The van der Waals surface area contributed by atoms with E-state index in [0.29, 0.717) is 11.7 Å². The van der Waals surface area contributed by atoms with Gasteiger partial charge in [0.2, 0.25) is 0 Å². The fourth-order valence-electron chi connectivity index (χ4n) is 3.93. The van der Waals surface area contributed by atoms with Crippen LogP contribution in [0.4, 0.5) is 0 Å². The SMILES string of the molecule is O=C(CC1CCNCC1)C1CCOC2(CCSCC2)C1. The summed E-state index contributed by atoms with van der Waals surface area (Å²) in [5.41, 5.74) is 0.0535. The van der Waals surface area contributed by atoms with Gasteiger partial charge in [-0.25, -0.2) is 0 Å². The molecule has 0 aromatic carbocycles. The van der Waals surface area contributed by atoms with Gasteiger partial charge in [0, 0.05) is 18.9 Å². The Morgan fingerprint density at radius 1 is 1.20 bits per heavy atom. The summed E-state index contributed by atoms with van der Waals surface area (Å²) in [5, 5.41) is 3.38. The highest BCUT2D eigenvalue weighted by atomic mass is 32.2. The lowest BCUT2D eigenvalue weighted by atomic mass is 9.77. The molecule has 0 aromatic heterocycles. The molecule has 0 radical (unpaired) electrons. The van der Waals surface area contributed by atoms with Gasteiger partial charge in [-0.1, -0.05) is 0 Å². The minimum atomic E-state index is 0.0535. The summed E-state index contributed by atoms with van der Waals surface area (Å²) in [6.45, 7) is 2.98. The average molecular weight is 297 g/mol. The molecule has 3 fully saturated rings. The van der Waals surface area contributed by atoms with Crippen LogP contribution in [-0.2, 0) is 9.53 Å². The predicted molar refractivity (Wildman–Crippen MR) is 83.2 cm³/mol. The van der Waals surface area contributed by atoms with Crippen molar-refractivity contribution in [2.75, 3.05) is 31.2 Å². The van der Waals surface area contributed by atoms with Gasteiger partial charge in [-0.3, -0.25) is 4.79 Å². The third-order valence-corrected chi connectivity index (χ3v) is 6.29. The van der Waals surface area contributed by atoms with Gasteiger partial charge in [0.15, 0.2) is 0 Å². The molecule has 20 heavy (non-hydrogen) atoms. The molecule has 0 aromatic rings. The van der Waals surface area contributed by atoms with Crippen LogP contribution in [0.15, 0.2) is 0 Å². The van der Waals surface area contributed by atoms with Gasteiger partial charge in [-0.2, -0.15) is 11.8 Å². The zero-order valence-electron chi connectivity index (χ0n) is 12.4. The molecule has 3 saturated heterocycles. The molecule has 1 spiro atoms. The second kappa shape index (κ2) is 6.80. The van der Waals surface area contributed by atoms with Crippen LogP contribution in [0.25, 0.3) is 0 Å². The molecule has 3 rings (SSSR count). The van der Waals surface area contributed by atoms with E-state index >= 15 is 0 Å². The number of nitrogens with one attached hydrogen (secondary N) is 1. The second-order valence-corrected chi connectivity index (χ2v) is 7.92. The molecule has 1 N–H and O–H groups in total. The lowest BCUT2D eigenvalue weighted by molar-refractivity contribution is -0.139. The lowest BCUT2D eigenvalue weighted by Crippen LogP contribution is -2.44. The quantitative estimate of drug-likeness (QED) is 0.869. The maximum atomic E-state index is 12.6. The van der Waals surface area contributed by atoms with Crippen molar-refractivity contribution in [1.82, 2.24) is 5.32 Å². The van der Waals surface area contributed by atoms with E-state index in [1.807, 2.05) is 11.8 Å². The third-order valence-electron chi connectivity index (χ3n) is 5.30. The fraction of sp³-hybridized carbons (Fsp3) is 0.938. The van der Waals surface area contributed by atoms with Crippen molar-refractivity contribution in [3.8, 4) is 0 Å². The summed E-state index contributed by atoms with van der Waals surface area (Å²) < 4.78 is 6.10. The molecule has 0 bridgehead atoms. The minimum Gasteiger partial charge on any atom is -0.375 e. The van der Waals surface area contributed by atoms with Crippen LogP contribution in [-0.4, -0.2) is 42.6 Å². The van der Waals surface area contributed by atoms with Gasteiger partial charge in [0.25, 0.3) is 0 Å². The van der Waals surface area contributed by atoms with E-state index in [2.05, 4.69) is 5.32 Å². The Bertz CT molecular complexity index is 330. The minimum absolute atomic E-state index is 0.0535. The maximum Gasteiger partial charge on any atom is 0.136 e. The van der Waals surface area contributed by atoms with Crippen molar-refractivity contribution in [2.24, 2.45) is 11.8 Å². The zero-order chi connectivity index (χ0) is 13.8. The molecule has 0 amide bonds. The Hall–Kier alpha value is -0.0600. The molecule has 0 aliphatic carbocycles. The molecular weight excluding hydrogens is 270 g/mol. The topological polar surface area (TPSA) is 38.3 Å². The van der Waals surface area contributed by atoms with Crippen molar-refractivity contribution < 1.29 is 9.53 Å². The van der Waals surface area contributed by atoms with Crippen molar-refractivity contribution in [3.05, 3.63) is 0 Å². The van der Waals surface area contributed by atoms with Crippen molar-refractivity contribution >= 4 is 17.5 Å². The second-order valence-electron chi connectivity index (χ2n) is 6.70. The fourth-order valence-corrected chi connectivity index (χ4v) is 5.17. The van der Waals surface area contributed by atoms with Gasteiger partial charge in [-0.05, 0) is 69.0 Å². The Balaban J connectivity index is 1.54. The van der Waals surface area contributed by atoms with Crippen molar-refractivity contribution in [1.29, 1.82) is 0 Å². The molecule has 114 valence electrons. The van der Waals surface area contributed by atoms with Crippen LogP contribution in [0.1, 0.15) is 44.9 Å². The Morgan fingerprint density at radius 2 is 1.95 bits per heavy atom. The summed E-state index contributed by atoms with van der Waals surface area (Å²) in [6.07, 6.45) is 7.42. The highest BCUT2D eigenvalue weighted by molar-refractivity contribution is 7.99. The smallest absolute Gasteiger partial charge is 0.136 e. The standard InChI is InChI=1S/C16H27NO2S/c18-15(11-13-1-6-17-7-2-13)14-3-8-19-16(12-14)4-9-20-10-5-16/h13-14,17H,1-12H2. The Kier molecular flexibility index (Phi) is 5.05. The Labute approximate surface area is 126 Å². The van der Waals surface area contributed by atoms with Gasteiger partial charge in [0.05, 0.1) is 5.60 Å². The largest absolute Gasteiger partial charge is 0.375 e. The van der Waals surface area contributed by atoms with Gasteiger partial charge >= 0.3 is 0 Å². The molecule has 1 unspecified atom stereocenters. The van der Waals surface area contributed by atoms with Crippen LogP contribution in [0.2, 0.25) is 0 Å². The highest BCUT2D eigenvalue weighted by Crippen LogP contribution is 2.40. The summed E-state index contributed by atoms with van der Waals surface area (Å²) in [4.78, 5) is 12.6. The number of carbonyl (C=O) groups is 1. The maximum absolute atomic E-state index is 12.6. The molecule has 3 heterocycles. The van der Waals surface area contributed by atoms with Crippen LogP contribution in [0.3, 0.4) is 0 Å². The van der Waals surface area contributed by atoms with E-state index in [1.54, 1.807) is 0 Å². The van der Waals surface area contributed by atoms with Crippen LogP contribution < -0.4 is 5.32 Å². The van der Waals surface area contributed by atoms with Gasteiger partial charge in [-0.15, -0.1) is 0 Å². The average Bonchev–Trinajstić information content (AvgIpc) is 2.49. The van der Waals surface area contributed by atoms with E-state index in [-0.39, 0.29) is 11.5 Å². The van der Waals surface area contributed by atoms with E-state index in [0.717, 1.165) is 51.8 Å². The first-order chi connectivity index (χ1) is 9.77. The molecule has 0 saturated carbocycles. The number of rotatable bonds is 3. The van der Waals surface area contributed by atoms with E-state index in [4.69, 9.17) is 4.74 Å². The summed E-state index contributed by atoms with van der Waals surface area (Å²) >= 11 is 2.03. The number of piperidine rings is 1. The summed E-state index contributed by atoms with van der Waals surface area (Å²) in [7, 11) is 0. The molecular formula is C16H27NO2S. The van der Waals surface area contributed by atoms with E-state index in [1.165, 1.54) is 24.3 Å². The Morgan fingerprint density at radius 3 is 2.70 bits per heavy atom. The number of carbonyl (C=O) groups excluding carboxylic acids is 1. The number of ether oxygens (including phenoxy) is 1. The predicted octanol–water partition coefficient (Wildman–Crippen LogP) is 2.64. The number of ketones is 1. The highest BCUT2D eigenvalue weighted by Gasteiger charge is 2.41. The summed E-state index contributed by atoms with van der Waals surface area (Å²) in [5.74, 6) is 3.84. The van der Waals surface area contributed by atoms with Crippen molar-refractivity contribution in [2.45, 2.75) is 50.5 Å². The number of thioether (sulfide) groups is 1. The summed E-state index contributed by atoms with van der Waals surface area (Å²) in [6, 6.07) is 0. The van der Waals surface area contributed by atoms with Gasteiger partial charge in [0.1, 0.15) is 5.78 Å². The molecule has 4 heteroatoms. The normalized spacial score (nSPS) is 31.3. The first kappa shape index (κ1) is 14.9. The van der Waals surface area contributed by atoms with E-state index < -0.39 is 0 Å². The molecule has 3 aliphatic heterocycles. The molecule has 3 aliphatic rings. The molecule has 3 nitrogen and oxygen atoms in total. The van der Waals surface area contributed by atoms with Crippen LogP contribution in [0.5, 0.6) is 0 Å². The zero-order valence-corrected chi connectivity index (χ0v) is 13.2. The number of Topliss-reactive ketones (excluding diaryl/α,β-unsaturated/α-hetero) is 1. The lowest BCUT2D eigenvalue weighted by Gasteiger charge is -2.43. The molecule has 1 atom stereocenters. The van der Waals surface area contributed by atoms with E-state index in [9.17, 15) is 4.79 Å². The third kappa shape index (κ3) is 3.58. The van der Waals surface area contributed by atoms with Crippen molar-refractivity contribution in [3.63, 3.8) is 0 Å². The van der Waals surface area contributed by atoms with Gasteiger partial charge < -0.3 is 10.1 Å². The van der Waals surface area contributed by atoms with Crippen LogP contribution >= 0.6 is 11.8 Å². The number of hydrogen-bond donors (Lipinski definition) is 1.